The number of aryl methyl sites for hydroxylation is 1. The molecule has 0 unspecified atom stereocenters. The highest BCUT2D eigenvalue weighted by molar-refractivity contribution is 7.12. The molecule has 108 valence electrons. The SMILES string of the molecule is NCC#Cc1ccc(CN2CCCc3ccccc3C2)s1. The van der Waals surface area contributed by atoms with Gasteiger partial charge in [-0.05, 0) is 42.6 Å². The van der Waals surface area contributed by atoms with Crippen molar-refractivity contribution in [3.8, 4) is 11.8 Å². The van der Waals surface area contributed by atoms with E-state index in [9.17, 15) is 0 Å². The molecule has 0 saturated heterocycles. The lowest BCUT2D eigenvalue weighted by atomic mass is 10.0. The summed E-state index contributed by atoms with van der Waals surface area (Å²) in [5.41, 5.74) is 8.41. The first kappa shape index (κ1) is 14.3. The van der Waals surface area contributed by atoms with Gasteiger partial charge in [-0.2, -0.15) is 0 Å². The van der Waals surface area contributed by atoms with Gasteiger partial charge in [-0.1, -0.05) is 36.1 Å². The molecule has 0 bridgehead atoms. The largest absolute Gasteiger partial charge is 0.320 e. The summed E-state index contributed by atoms with van der Waals surface area (Å²) in [6, 6.07) is 13.1. The summed E-state index contributed by atoms with van der Waals surface area (Å²) in [5.74, 6) is 6.03. The van der Waals surface area contributed by atoms with Gasteiger partial charge in [0, 0.05) is 18.0 Å². The molecule has 2 nitrogen and oxygen atoms in total. The lowest BCUT2D eigenvalue weighted by Crippen LogP contribution is -2.22. The quantitative estimate of drug-likeness (QED) is 0.863. The number of hydrogen-bond acceptors (Lipinski definition) is 3. The molecule has 2 heterocycles. The van der Waals surface area contributed by atoms with Gasteiger partial charge in [-0.25, -0.2) is 0 Å². The lowest BCUT2D eigenvalue weighted by molar-refractivity contribution is 0.263. The van der Waals surface area contributed by atoms with Crippen LogP contribution in [0.5, 0.6) is 0 Å². The second-order valence-electron chi connectivity index (χ2n) is 5.35. The molecule has 3 heteroatoms. The molecule has 0 spiro atoms. The van der Waals surface area contributed by atoms with Crippen molar-refractivity contribution in [2.24, 2.45) is 5.73 Å². The molecule has 1 aromatic heterocycles. The van der Waals surface area contributed by atoms with E-state index in [1.54, 1.807) is 11.3 Å². The molecule has 1 aliphatic heterocycles. The third kappa shape index (κ3) is 3.74. The molecular weight excluding hydrogens is 276 g/mol. The standard InChI is InChI=1S/C18H20N2S/c19-11-3-8-17-9-10-18(21-17)14-20-12-4-7-15-5-1-2-6-16(15)13-20/h1-2,5-6,9-10H,4,7,11-14,19H2. The van der Waals surface area contributed by atoms with Crippen molar-refractivity contribution >= 4 is 11.3 Å². The third-order valence-corrected chi connectivity index (χ3v) is 4.77. The average Bonchev–Trinajstić information content (AvgIpc) is 2.83. The van der Waals surface area contributed by atoms with Crippen LogP contribution in [0.25, 0.3) is 0 Å². The van der Waals surface area contributed by atoms with Crippen molar-refractivity contribution in [1.82, 2.24) is 4.90 Å². The summed E-state index contributed by atoms with van der Waals surface area (Å²) in [7, 11) is 0. The Morgan fingerprint density at radius 1 is 1.14 bits per heavy atom. The summed E-state index contributed by atoms with van der Waals surface area (Å²) >= 11 is 1.78. The maximum Gasteiger partial charge on any atom is 0.0772 e. The zero-order chi connectivity index (χ0) is 14.5. The zero-order valence-electron chi connectivity index (χ0n) is 12.1. The lowest BCUT2D eigenvalue weighted by Gasteiger charge is -2.19. The van der Waals surface area contributed by atoms with Crippen molar-refractivity contribution in [2.75, 3.05) is 13.1 Å². The Balaban J connectivity index is 1.69. The number of benzene rings is 1. The Kier molecular flexibility index (Phi) is 4.72. The van der Waals surface area contributed by atoms with E-state index in [0.29, 0.717) is 6.54 Å². The predicted molar refractivity (Wildman–Crippen MR) is 89.1 cm³/mol. The van der Waals surface area contributed by atoms with E-state index >= 15 is 0 Å². The van der Waals surface area contributed by atoms with Crippen LogP contribution in [0.15, 0.2) is 36.4 Å². The van der Waals surface area contributed by atoms with E-state index in [1.807, 2.05) is 0 Å². The van der Waals surface area contributed by atoms with Crippen molar-refractivity contribution < 1.29 is 0 Å². The summed E-state index contributed by atoms with van der Waals surface area (Å²) in [5, 5.41) is 0. The van der Waals surface area contributed by atoms with Crippen LogP contribution >= 0.6 is 11.3 Å². The number of nitrogens with two attached hydrogens (primary N) is 1. The molecule has 0 aliphatic carbocycles. The highest BCUT2D eigenvalue weighted by Crippen LogP contribution is 2.22. The van der Waals surface area contributed by atoms with Gasteiger partial charge < -0.3 is 5.73 Å². The highest BCUT2D eigenvalue weighted by Gasteiger charge is 2.14. The topological polar surface area (TPSA) is 29.3 Å². The fraction of sp³-hybridized carbons (Fsp3) is 0.333. The molecule has 1 aromatic carbocycles. The smallest absolute Gasteiger partial charge is 0.0772 e. The molecule has 3 rings (SSSR count). The summed E-state index contributed by atoms with van der Waals surface area (Å²) in [6.45, 7) is 3.66. The zero-order valence-corrected chi connectivity index (χ0v) is 13.0. The molecule has 0 saturated carbocycles. The van der Waals surface area contributed by atoms with Crippen LogP contribution in [0, 0.1) is 11.8 Å². The van der Waals surface area contributed by atoms with E-state index in [2.05, 4.69) is 53.1 Å². The van der Waals surface area contributed by atoms with E-state index in [4.69, 9.17) is 5.73 Å². The first-order chi connectivity index (χ1) is 10.3. The van der Waals surface area contributed by atoms with Crippen molar-refractivity contribution in [3.05, 3.63) is 57.3 Å². The Labute approximate surface area is 130 Å². The van der Waals surface area contributed by atoms with E-state index in [0.717, 1.165) is 24.5 Å². The molecule has 0 amide bonds. The summed E-state index contributed by atoms with van der Waals surface area (Å²) < 4.78 is 0. The van der Waals surface area contributed by atoms with Crippen LogP contribution in [0.1, 0.15) is 27.3 Å². The molecule has 0 atom stereocenters. The highest BCUT2D eigenvalue weighted by atomic mass is 32.1. The monoisotopic (exact) mass is 296 g/mol. The minimum Gasteiger partial charge on any atom is -0.320 e. The molecule has 0 radical (unpaired) electrons. The van der Waals surface area contributed by atoms with Gasteiger partial charge in [0.25, 0.3) is 0 Å². The number of hydrogen-bond donors (Lipinski definition) is 1. The number of rotatable bonds is 2. The second-order valence-corrected chi connectivity index (χ2v) is 6.52. The van der Waals surface area contributed by atoms with Crippen LogP contribution in [0.2, 0.25) is 0 Å². The van der Waals surface area contributed by atoms with Gasteiger partial charge in [0.1, 0.15) is 0 Å². The van der Waals surface area contributed by atoms with Gasteiger partial charge in [0.05, 0.1) is 11.4 Å². The molecule has 2 aromatic rings. The molecule has 21 heavy (non-hydrogen) atoms. The van der Waals surface area contributed by atoms with Gasteiger partial charge in [-0.3, -0.25) is 4.90 Å². The Hall–Kier alpha value is -1.60. The van der Waals surface area contributed by atoms with Crippen LogP contribution in [0.4, 0.5) is 0 Å². The Bertz CT molecular complexity index is 663. The number of fused-ring (bicyclic) bond motifs is 1. The van der Waals surface area contributed by atoms with E-state index in [1.165, 1.54) is 28.8 Å². The maximum atomic E-state index is 5.42. The normalized spacial score (nSPS) is 14.9. The first-order valence-electron chi connectivity index (χ1n) is 7.42. The molecule has 1 aliphatic rings. The van der Waals surface area contributed by atoms with Crippen LogP contribution in [-0.2, 0) is 19.5 Å². The number of nitrogens with zero attached hydrogens (tertiary/aromatic N) is 1. The average molecular weight is 296 g/mol. The van der Waals surface area contributed by atoms with Crippen molar-refractivity contribution in [3.63, 3.8) is 0 Å². The molecule has 0 fully saturated rings. The first-order valence-corrected chi connectivity index (χ1v) is 8.23. The number of thiophene rings is 1. The maximum absolute atomic E-state index is 5.42. The second kappa shape index (κ2) is 6.91. The van der Waals surface area contributed by atoms with Crippen molar-refractivity contribution in [1.29, 1.82) is 0 Å². The fourth-order valence-electron chi connectivity index (χ4n) is 2.79. The Morgan fingerprint density at radius 3 is 2.86 bits per heavy atom. The van der Waals surface area contributed by atoms with E-state index < -0.39 is 0 Å². The van der Waals surface area contributed by atoms with E-state index in [-0.39, 0.29) is 0 Å². The predicted octanol–water partition coefficient (Wildman–Crippen LogP) is 3.01. The van der Waals surface area contributed by atoms with Crippen LogP contribution in [0.3, 0.4) is 0 Å². The van der Waals surface area contributed by atoms with Crippen molar-refractivity contribution in [2.45, 2.75) is 25.9 Å². The molecular formula is C18H20N2S. The van der Waals surface area contributed by atoms with Crippen LogP contribution < -0.4 is 5.73 Å². The minimum absolute atomic E-state index is 0.427. The summed E-state index contributed by atoms with van der Waals surface area (Å²) in [4.78, 5) is 5.04. The fourth-order valence-corrected chi connectivity index (χ4v) is 3.72. The van der Waals surface area contributed by atoms with Gasteiger partial charge in [0.15, 0.2) is 0 Å². The third-order valence-electron chi connectivity index (χ3n) is 3.79. The Morgan fingerprint density at radius 2 is 2.00 bits per heavy atom. The molecule has 2 N–H and O–H groups in total. The minimum atomic E-state index is 0.427. The van der Waals surface area contributed by atoms with Gasteiger partial charge in [0.2, 0.25) is 0 Å². The van der Waals surface area contributed by atoms with Crippen LogP contribution in [-0.4, -0.2) is 18.0 Å². The van der Waals surface area contributed by atoms with Gasteiger partial charge >= 0.3 is 0 Å². The summed E-state index contributed by atoms with van der Waals surface area (Å²) in [6.07, 6.45) is 2.44. The van der Waals surface area contributed by atoms with Gasteiger partial charge in [-0.15, -0.1) is 11.3 Å².